The monoisotopic (exact) mass is 391 g/mol. The highest BCUT2D eigenvalue weighted by atomic mass is 32.1. The molecule has 1 unspecified atom stereocenters. The molecule has 3 rings (SSSR count). The summed E-state index contributed by atoms with van der Waals surface area (Å²) in [5.74, 6) is 0.411. The summed E-state index contributed by atoms with van der Waals surface area (Å²) in [5, 5.41) is 4.02. The molecule has 1 aliphatic heterocycles. The Morgan fingerprint density at radius 2 is 2.00 bits per heavy atom. The van der Waals surface area contributed by atoms with E-state index in [0.717, 1.165) is 76.0 Å². The maximum Gasteiger partial charge on any atom is 0.173 e. The van der Waals surface area contributed by atoms with Gasteiger partial charge in [-0.15, -0.1) is 0 Å². The molecule has 0 amide bonds. The zero-order valence-electron chi connectivity index (χ0n) is 15.9. The topological polar surface area (TPSA) is 27.7 Å². The van der Waals surface area contributed by atoms with Crippen LogP contribution in [0.3, 0.4) is 0 Å². The Bertz CT molecular complexity index is 616. The highest BCUT2D eigenvalue weighted by molar-refractivity contribution is 7.80. The van der Waals surface area contributed by atoms with E-state index in [-0.39, 0.29) is 5.82 Å². The third-order valence-electron chi connectivity index (χ3n) is 5.25. The molecule has 0 bridgehead atoms. The Morgan fingerprint density at radius 3 is 2.70 bits per heavy atom. The van der Waals surface area contributed by atoms with Crippen molar-refractivity contribution < 1.29 is 9.13 Å². The van der Waals surface area contributed by atoms with Crippen molar-refractivity contribution in [3.63, 3.8) is 0 Å². The smallest absolute Gasteiger partial charge is 0.173 e. The standard InChI is InChI=1S/C21H30FN3OS/c22-19-7-9-20(10-8-19)23-21(27)25(17-18-5-2-1-3-6-18)12-4-11-24-13-15-26-16-14-24/h1-2,7-10,18H,3-6,11-17H2,(H,23,27). The Balaban J connectivity index is 1.54. The van der Waals surface area contributed by atoms with Crippen molar-refractivity contribution in [1.29, 1.82) is 0 Å². The molecule has 1 atom stereocenters. The van der Waals surface area contributed by atoms with Crippen LogP contribution in [0.15, 0.2) is 36.4 Å². The van der Waals surface area contributed by atoms with E-state index in [0.29, 0.717) is 5.92 Å². The number of nitrogens with one attached hydrogen (secondary N) is 1. The quantitative estimate of drug-likeness (QED) is 0.562. The highest BCUT2D eigenvalue weighted by Crippen LogP contribution is 2.20. The van der Waals surface area contributed by atoms with Crippen LogP contribution in [-0.2, 0) is 4.74 Å². The number of hydrogen-bond acceptors (Lipinski definition) is 3. The van der Waals surface area contributed by atoms with Crippen LogP contribution in [0.4, 0.5) is 10.1 Å². The summed E-state index contributed by atoms with van der Waals surface area (Å²) in [6.07, 6.45) is 9.14. The van der Waals surface area contributed by atoms with E-state index in [9.17, 15) is 4.39 Å². The van der Waals surface area contributed by atoms with Gasteiger partial charge < -0.3 is 15.0 Å². The lowest BCUT2D eigenvalue weighted by Gasteiger charge is -2.32. The molecule has 1 N–H and O–H groups in total. The Labute approximate surface area is 167 Å². The van der Waals surface area contributed by atoms with Crippen molar-refractivity contribution >= 4 is 23.0 Å². The van der Waals surface area contributed by atoms with Crippen molar-refractivity contribution in [3.05, 3.63) is 42.2 Å². The molecule has 27 heavy (non-hydrogen) atoms. The molecular formula is C21H30FN3OS. The number of hydrogen-bond donors (Lipinski definition) is 1. The molecule has 148 valence electrons. The van der Waals surface area contributed by atoms with Crippen LogP contribution in [0.1, 0.15) is 25.7 Å². The number of ether oxygens (including phenoxy) is 1. The van der Waals surface area contributed by atoms with Crippen LogP contribution >= 0.6 is 12.2 Å². The van der Waals surface area contributed by atoms with Gasteiger partial charge in [0.1, 0.15) is 5.82 Å². The average Bonchev–Trinajstić information content (AvgIpc) is 2.70. The maximum absolute atomic E-state index is 13.1. The lowest BCUT2D eigenvalue weighted by atomic mass is 9.94. The second-order valence-corrected chi connectivity index (χ2v) is 7.73. The van der Waals surface area contributed by atoms with Crippen molar-refractivity contribution in [1.82, 2.24) is 9.80 Å². The van der Waals surface area contributed by atoms with E-state index in [2.05, 4.69) is 27.3 Å². The zero-order chi connectivity index (χ0) is 18.9. The third-order valence-corrected chi connectivity index (χ3v) is 5.61. The molecule has 1 fully saturated rings. The molecule has 0 aromatic heterocycles. The minimum atomic E-state index is -0.233. The van der Waals surface area contributed by atoms with E-state index in [1.165, 1.54) is 18.6 Å². The molecule has 0 saturated carbocycles. The first-order valence-corrected chi connectivity index (χ1v) is 10.4. The third kappa shape index (κ3) is 6.87. The molecule has 0 radical (unpaired) electrons. The van der Waals surface area contributed by atoms with Gasteiger partial charge in [0.15, 0.2) is 5.11 Å². The Hall–Kier alpha value is -1.50. The number of allylic oxidation sites excluding steroid dienone is 2. The van der Waals surface area contributed by atoms with E-state index in [4.69, 9.17) is 17.0 Å². The van der Waals surface area contributed by atoms with Crippen LogP contribution < -0.4 is 5.32 Å². The van der Waals surface area contributed by atoms with Crippen molar-refractivity contribution in [3.8, 4) is 0 Å². The van der Waals surface area contributed by atoms with Gasteiger partial charge in [0.2, 0.25) is 0 Å². The summed E-state index contributed by atoms with van der Waals surface area (Å²) in [6.45, 7) is 6.69. The molecule has 0 spiro atoms. The number of anilines is 1. The summed E-state index contributed by atoms with van der Waals surface area (Å²) in [5.41, 5.74) is 0.836. The summed E-state index contributed by atoms with van der Waals surface area (Å²) in [4.78, 5) is 4.75. The zero-order valence-corrected chi connectivity index (χ0v) is 16.7. The van der Waals surface area contributed by atoms with Crippen molar-refractivity contribution in [2.45, 2.75) is 25.7 Å². The Morgan fingerprint density at radius 1 is 1.22 bits per heavy atom. The van der Waals surface area contributed by atoms with Gasteiger partial charge in [-0.3, -0.25) is 4.90 Å². The largest absolute Gasteiger partial charge is 0.379 e. The molecule has 1 saturated heterocycles. The lowest BCUT2D eigenvalue weighted by Crippen LogP contribution is -2.42. The summed E-state index contributed by atoms with van der Waals surface area (Å²) >= 11 is 5.70. The summed E-state index contributed by atoms with van der Waals surface area (Å²) in [6, 6.07) is 6.38. The van der Waals surface area contributed by atoms with E-state index in [1.807, 2.05) is 0 Å². The van der Waals surface area contributed by atoms with Gasteiger partial charge in [0.25, 0.3) is 0 Å². The van der Waals surface area contributed by atoms with Crippen LogP contribution in [0, 0.1) is 11.7 Å². The van der Waals surface area contributed by atoms with Gasteiger partial charge in [-0.25, -0.2) is 4.39 Å². The first-order valence-electron chi connectivity index (χ1n) is 9.97. The normalized spacial score (nSPS) is 20.4. The predicted molar refractivity (Wildman–Crippen MR) is 113 cm³/mol. The number of benzene rings is 1. The van der Waals surface area contributed by atoms with Gasteiger partial charge in [-0.05, 0) is 68.1 Å². The number of thiocarbonyl (C=S) groups is 1. The fourth-order valence-electron chi connectivity index (χ4n) is 3.66. The van der Waals surface area contributed by atoms with Gasteiger partial charge in [-0.1, -0.05) is 12.2 Å². The SMILES string of the molecule is Fc1ccc(NC(=S)N(CCCN2CCOCC2)CC2CC=CCC2)cc1. The number of rotatable bonds is 7. The minimum Gasteiger partial charge on any atom is -0.379 e. The van der Waals surface area contributed by atoms with Crippen molar-refractivity contribution in [2.24, 2.45) is 5.92 Å². The molecule has 1 heterocycles. The van der Waals surface area contributed by atoms with Crippen molar-refractivity contribution in [2.75, 3.05) is 51.3 Å². The van der Waals surface area contributed by atoms with E-state index >= 15 is 0 Å². The first-order chi connectivity index (χ1) is 13.2. The molecule has 4 nitrogen and oxygen atoms in total. The van der Waals surface area contributed by atoms with Crippen LogP contribution in [0.5, 0.6) is 0 Å². The maximum atomic E-state index is 13.1. The highest BCUT2D eigenvalue weighted by Gasteiger charge is 2.18. The lowest BCUT2D eigenvalue weighted by molar-refractivity contribution is 0.0367. The molecule has 1 aliphatic carbocycles. The summed E-state index contributed by atoms with van der Waals surface area (Å²) in [7, 11) is 0. The predicted octanol–water partition coefficient (Wildman–Crippen LogP) is 3.90. The number of nitrogens with zero attached hydrogens (tertiary/aromatic N) is 2. The molecule has 2 aliphatic rings. The van der Waals surface area contributed by atoms with E-state index < -0.39 is 0 Å². The van der Waals surface area contributed by atoms with Gasteiger partial charge >= 0.3 is 0 Å². The molecule has 1 aromatic carbocycles. The van der Waals surface area contributed by atoms with E-state index in [1.54, 1.807) is 12.1 Å². The number of morpholine rings is 1. The number of halogens is 1. The first kappa shape index (κ1) is 20.2. The Kier molecular flexibility index (Phi) is 8.05. The summed E-state index contributed by atoms with van der Waals surface area (Å²) < 4.78 is 18.6. The minimum absolute atomic E-state index is 0.233. The second kappa shape index (κ2) is 10.7. The second-order valence-electron chi connectivity index (χ2n) is 7.34. The van der Waals surface area contributed by atoms with Crippen LogP contribution in [0.25, 0.3) is 0 Å². The molecular weight excluding hydrogens is 361 g/mol. The molecule has 1 aromatic rings. The fraction of sp³-hybridized carbons (Fsp3) is 0.571. The van der Waals surface area contributed by atoms with Gasteiger partial charge in [0, 0.05) is 38.4 Å². The average molecular weight is 392 g/mol. The van der Waals surface area contributed by atoms with Crippen LogP contribution in [0.2, 0.25) is 0 Å². The van der Waals surface area contributed by atoms with Gasteiger partial charge in [-0.2, -0.15) is 0 Å². The van der Waals surface area contributed by atoms with Crippen LogP contribution in [-0.4, -0.2) is 60.8 Å². The fourth-order valence-corrected chi connectivity index (χ4v) is 3.94. The molecule has 6 heteroatoms. The van der Waals surface area contributed by atoms with Gasteiger partial charge in [0.05, 0.1) is 13.2 Å².